The Morgan fingerprint density at radius 3 is 2.26 bits per heavy atom. The summed E-state index contributed by atoms with van der Waals surface area (Å²) < 4.78 is 0. The minimum Gasteiger partial charge on any atom is -0.347 e. The molecule has 1 heterocycles. The molecule has 0 saturated carbocycles. The molecule has 1 aromatic heterocycles. The van der Waals surface area contributed by atoms with Crippen molar-refractivity contribution < 1.29 is 4.79 Å². The number of nitrogens with zero attached hydrogens (tertiary/aromatic N) is 2. The molecule has 0 bridgehead atoms. The second-order valence-corrected chi connectivity index (χ2v) is 6.75. The molecule has 0 atom stereocenters. The second kappa shape index (κ2) is 7.99. The van der Waals surface area contributed by atoms with E-state index in [1.165, 1.54) is 5.56 Å². The Morgan fingerprint density at radius 1 is 0.926 bits per heavy atom. The third-order valence-corrected chi connectivity index (χ3v) is 4.30. The van der Waals surface area contributed by atoms with Crippen LogP contribution in [0.4, 0.5) is 11.5 Å². The first kappa shape index (κ1) is 18.6. The number of aryl methyl sites for hydroxylation is 4. The quantitative estimate of drug-likeness (QED) is 0.708. The van der Waals surface area contributed by atoms with E-state index in [1.807, 2.05) is 30.3 Å². The van der Waals surface area contributed by atoms with Gasteiger partial charge in [0.05, 0.1) is 0 Å². The van der Waals surface area contributed by atoms with Crippen molar-refractivity contribution in [2.45, 2.75) is 34.2 Å². The van der Waals surface area contributed by atoms with Crippen molar-refractivity contribution in [2.24, 2.45) is 0 Å². The van der Waals surface area contributed by atoms with Crippen molar-refractivity contribution in [3.8, 4) is 0 Å². The Bertz CT molecular complexity index is 944. The van der Waals surface area contributed by atoms with Gasteiger partial charge in [0.2, 0.25) is 0 Å². The summed E-state index contributed by atoms with van der Waals surface area (Å²) in [6.45, 7) is 8.44. The summed E-state index contributed by atoms with van der Waals surface area (Å²) in [4.78, 5) is 21.2. The standard InChI is InChI=1S/C22H24N4O/c1-14-10-15(2)21(16(3)11-14)26-20-12-19(24-17(4)25-20)22(27)23-13-18-8-6-5-7-9-18/h5-12H,13H2,1-4H3,(H,23,27)(H,24,25,26). The summed E-state index contributed by atoms with van der Waals surface area (Å²) in [6.07, 6.45) is 0. The molecule has 0 aliphatic heterocycles. The van der Waals surface area contributed by atoms with Crippen LogP contribution >= 0.6 is 0 Å². The van der Waals surface area contributed by atoms with Gasteiger partial charge in [-0.15, -0.1) is 0 Å². The first-order chi connectivity index (χ1) is 12.9. The molecule has 0 unspecified atom stereocenters. The zero-order valence-corrected chi connectivity index (χ0v) is 16.1. The second-order valence-electron chi connectivity index (χ2n) is 6.75. The highest BCUT2D eigenvalue weighted by Gasteiger charge is 2.12. The van der Waals surface area contributed by atoms with Crippen molar-refractivity contribution in [1.29, 1.82) is 0 Å². The van der Waals surface area contributed by atoms with Gasteiger partial charge in [-0.25, -0.2) is 9.97 Å². The molecule has 0 spiro atoms. The van der Waals surface area contributed by atoms with Gasteiger partial charge < -0.3 is 10.6 Å². The summed E-state index contributed by atoms with van der Waals surface area (Å²) in [5.41, 5.74) is 5.90. The molecule has 27 heavy (non-hydrogen) atoms. The number of rotatable bonds is 5. The SMILES string of the molecule is Cc1cc(C)c(Nc2cc(C(=O)NCc3ccccc3)nc(C)n2)c(C)c1. The number of hydrogen-bond acceptors (Lipinski definition) is 4. The lowest BCUT2D eigenvalue weighted by Gasteiger charge is -2.14. The molecule has 2 N–H and O–H groups in total. The Kier molecular flexibility index (Phi) is 5.50. The molecule has 1 amide bonds. The molecule has 5 nitrogen and oxygen atoms in total. The van der Waals surface area contributed by atoms with Gasteiger partial charge in [-0.1, -0.05) is 48.0 Å². The Hall–Kier alpha value is -3.21. The first-order valence-corrected chi connectivity index (χ1v) is 8.95. The average Bonchev–Trinajstić information content (AvgIpc) is 2.63. The Balaban J connectivity index is 1.79. The van der Waals surface area contributed by atoms with Gasteiger partial charge in [-0.2, -0.15) is 0 Å². The number of carbonyl (C=O) groups is 1. The van der Waals surface area contributed by atoms with Gasteiger partial charge in [0, 0.05) is 18.3 Å². The molecule has 0 aliphatic rings. The first-order valence-electron chi connectivity index (χ1n) is 8.95. The van der Waals surface area contributed by atoms with E-state index in [-0.39, 0.29) is 5.91 Å². The minimum absolute atomic E-state index is 0.218. The smallest absolute Gasteiger partial charge is 0.270 e. The fourth-order valence-corrected chi connectivity index (χ4v) is 3.12. The van der Waals surface area contributed by atoms with Gasteiger partial charge in [0.25, 0.3) is 5.91 Å². The van der Waals surface area contributed by atoms with E-state index in [4.69, 9.17) is 0 Å². The summed E-state index contributed by atoms with van der Waals surface area (Å²) in [5.74, 6) is 0.944. The lowest BCUT2D eigenvalue weighted by atomic mass is 10.1. The van der Waals surface area contributed by atoms with E-state index < -0.39 is 0 Å². The normalized spacial score (nSPS) is 10.5. The van der Waals surface area contributed by atoms with Crippen LogP contribution in [0.5, 0.6) is 0 Å². The molecule has 0 saturated heterocycles. The van der Waals surface area contributed by atoms with Gasteiger partial charge in [0.15, 0.2) is 0 Å². The maximum absolute atomic E-state index is 12.5. The van der Waals surface area contributed by atoms with Crippen LogP contribution in [-0.2, 0) is 6.54 Å². The van der Waals surface area contributed by atoms with Crippen LogP contribution in [0.1, 0.15) is 38.6 Å². The lowest BCUT2D eigenvalue weighted by Crippen LogP contribution is -2.24. The highest BCUT2D eigenvalue weighted by Crippen LogP contribution is 2.25. The number of benzene rings is 2. The monoisotopic (exact) mass is 360 g/mol. The maximum atomic E-state index is 12.5. The van der Waals surface area contributed by atoms with Crippen molar-refractivity contribution >= 4 is 17.4 Å². The van der Waals surface area contributed by atoms with Crippen LogP contribution in [0, 0.1) is 27.7 Å². The van der Waals surface area contributed by atoms with Crippen molar-refractivity contribution in [1.82, 2.24) is 15.3 Å². The Morgan fingerprint density at radius 2 is 1.59 bits per heavy atom. The molecule has 138 valence electrons. The van der Waals surface area contributed by atoms with E-state index in [2.05, 4.69) is 53.5 Å². The predicted octanol–water partition coefficient (Wildman–Crippen LogP) is 4.38. The van der Waals surface area contributed by atoms with Crippen molar-refractivity contribution in [3.63, 3.8) is 0 Å². The predicted molar refractivity (Wildman–Crippen MR) is 108 cm³/mol. The number of carbonyl (C=O) groups excluding carboxylic acids is 1. The van der Waals surface area contributed by atoms with Gasteiger partial charge in [-0.3, -0.25) is 4.79 Å². The van der Waals surface area contributed by atoms with Gasteiger partial charge in [0.1, 0.15) is 17.3 Å². The highest BCUT2D eigenvalue weighted by molar-refractivity contribution is 5.93. The van der Waals surface area contributed by atoms with Crippen LogP contribution in [0.25, 0.3) is 0 Å². The molecule has 5 heteroatoms. The van der Waals surface area contributed by atoms with E-state index in [0.717, 1.165) is 22.4 Å². The number of hydrogen-bond donors (Lipinski definition) is 2. The van der Waals surface area contributed by atoms with E-state index in [9.17, 15) is 4.79 Å². The third kappa shape index (κ3) is 4.70. The average molecular weight is 360 g/mol. The van der Waals surface area contributed by atoms with Crippen LogP contribution in [0.3, 0.4) is 0 Å². The summed E-state index contributed by atoms with van der Waals surface area (Å²) in [5, 5.41) is 6.25. The number of nitrogens with one attached hydrogen (secondary N) is 2. The number of anilines is 2. The van der Waals surface area contributed by atoms with Crippen molar-refractivity contribution in [3.05, 3.63) is 82.3 Å². The third-order valence-electron chi connectivity index (χ3n) is 4.30. The van der Waals surface area contributed by atoms with Crippen LogP contribution in [0.2, 0.25) is 0 Å². The minimum atomic E-state index is -0.218. The molecular weight excluding hydrogens is 336 g/mol. The zero-order chi connectivity index (χ0) is 19.4. The van der Waals surface area contributed by atoms with Crippen LogP contribution in [-0.4, -0.2) is 15.9 Å². The fourth-order valence-electron chi connectivity index (χ4n) is 3.12. The molecule has 2 aromatic carbocycles. The van der Waals surface area contributed by atoms with Gasteiger partial charge in [-0.05, 0) is 44.4 Å². The summed E-state index contributed by atoms with van der Waals surface area (Å²) in [6, 6.07) is 15.7. The molecule has 0 aliphatic carbocycles. The summed E-state index contributed by atoms with van der Waals surface area (Å²) in [7, 11) is 0. The number of aromatic nitrogens is 2. The van der Waals surface area contributed by atoms with E-state index >= 15 is 0 Å². The molecular formula is C22H24N4O. The Labute approximate surface area is 159 Å². The van der Waals surface area contributed by atoms with E-state index in [1.54, 1.807) is 13.0 Å². The fraction of sp³-hybridized carbons (Fsp3) is 0.227. The molecule has 0 fully saturated rings. The summed E-state index contributed by atoms with van der Waals surface area (Å²) >= 11 is 0. The lowest BCUT2D eigenvalue weighted by molar-refractivity contribution is 0.0945. The molecule has 3 rings (SSSR count). The van der Waals surface area contributed by atoms with Gasteiger partial charge >= 0.3 is 0 Å². The van der Waals surface area contributed by atoms with Crippen LogP contribution < -0.4 is 10.6 Å². The number of amides is 1. The largest absolute Gasteiger partial charge is 0.347 e. The van der Waals surface area contributed by atoms with Crippen LogP contribution in [0.15, 0.2) is 48.5 Å². The maximum Gasteiger partial charge on any atom is 0.270 e. The van der Waals surface area contributed by atoms with E-state index in [0.29, 0.717) is 23.9 Å². The van der Waals surface area contributed by atoms with Crippen molar-refractivity contribution in [2.75, 3.05) is 5.32 Å². The highest BCUT2D eigenvalue weighted by atomic mass is 16.1. The topological polar surface area (TPSA) is 66.9 Å². The molecule has 3 aromatic rings. The molecule has 0 radical (unpaired) electrons. The zero-order valence-electron chi connectivity index (χ0n) is 16.1.